The van der Waals surface area contributed by atoms with E-state index >= 15 is 0 Å². The number of halogens is 1. The smallest absolute Gasteiger partial charge is 0.303 e. The molecular formula is C10H15ClN2O2. The van der Waals surface area contributed by atoms with Crippen LogP contribution in [0.2, 0.25) is 5.15 Å². The van der Waals surface area contributed by atoms with Crippen molar-refractivity contribution in [1.82, 2.24) is 9.97 Å². The molecule has 0 aromatic carbocycles. The number of unbranched alkanes of at least 4 members (excludes halogenated alkanes) is 1. The predicted molar refractivity (Wildman–Crippen MR) is 57.7 cm³/mol. The standard InChI is InChI=1S/C10H15ClN2O2/c1-3-4-5-9-12-8(10(11)13-9)6-15-7(2)14/h3-6H2,1-2H3,(H,12,13). The molecule has 0 aliphatic carbocycles. The first-order valence-electron chi connectivity index (χ1n) is 5.00. The fraction of sp³-hybridized carbons (Fsp3) is 0.600. The third-order valence-electron chi connectivity index (χ3n) is 1.96. The summed E-state index contributed by atoms with van der Waals surface area (Å²) in [5.41, 5.74) is 0.665. The minimum absolute atomic E-state index is 0.160. The largest absolute Gasteiger partial charge is 0.459 e. The highest BCUT2D eigenvalue weighted by atomic mass is 35.5. The molecular weight excluding hydrogens is 216 g/mol. The van der Waals surface area contributed by atoms with Crippen LogP contribution in [-0.2, 0) is 22.6 Å². The van der Waals surface area contributed by atoms with Crippen molar-refractivity contribution in [2.75, 3.05) is 0 Å². The van der Waals surface area contributed by atoms with Gasteiger partial charge in [-0.25, -0.2) is 4.98 Å². The van der Waals surface area contributed by atoms with E-state index in [1.807, 2.05) is 0 Å². The van der Waals surface area contributed by atoms with Gasteiger partial charge in [0.1, 0.15) is 12.4 Å². The highest BCUT2D eigenvalue weighted by Gasteiger charge is 2.08. The Kier molecular flexibility index (Phi) is 4.62. The number of nitrogens with one attached hydrogen (secondary N) is 1. The van der Waals surface area contributed by atoms with E-state index in [1.54, 1.807) is 0 Å². The van der Waals surface area contributed by atoms with Gasteiger partial charge in [-0.05, 0) is 6.42 Å². The average Bonchev–Trinajstić information content (AvgIpc) is 2.53. The highest BCUT2D eigenvalue weighted by molar-refractivity contribution is 6.30. The number of nitrogens with zero attached hydrogens (tertiary/aromatic N) is 1. The average molecular weight is 231 g/mol. The zero-order valence-corrected chi connectivity index (χ0v) is 9.73. The summed E-state index contributed by atoms with van der Waals surface area (Å²) in [5, 5.41) is 0.391. The molecule has 4 nitrogen and oxygen atoms in total. The van der Waals surface area contributed by atoms with E-state index < -0.39 is 0 Å². The third-order valence-corrected chi connectivity index (χ3v) is 2.28. The van der Waals surface area contributed by atoms with Gasteiger partial charge in [0.05, 0.1) is 5.69 Å². The topological polar surface area (TPSA) is 55.0 Å². The lowest BCUT2D eigenvalue weighted by molar-refractivity contribution is -0.142. The van der Waals surface area contributed by atoms with Gasteiger partial charge in [0.2, 0.25) is 0 Å². The lowest BCUT2D eigenvalue weighted by Gasteiger charge is -1.98. The molecule has 5 heteroatoms. The van der Waals surface area contributed by atoms with Crippen LogP contribution in [0, 0.1) is 0 Å². The van der Waals surface area contributed by atoms with Crippen molar-refractivity contribution in [2.45, 2.75) is 39.7 Å². The first kappa shape index (κ1) is 12.0. The molecule has 1 aromatic heterocycles. The molecule has 0 amide bonds. The van der Waals surface area contributed by atoms with Gasteiger partial charge >= 0.3 is 5.97 Å². The second-order valence-corrected chi connectivity index (χ2v) is 3.69. The number of hydrogen-bond donors (Lipinski definition) is 1. The molecule has 0 fully saturated rings. The number of hydrogen-bond acceptors (Lipinski definition) is 3. The van der Waals surface area contributed by atoms with Crippen LogP contribution in [-0.4, -0.2) is 15.9 Å². The molecule has 1 heterocycles. The fourth-order valence-electron chi connectivity index (χ4n) is 1.17. The Morgan fingerprint density at radius 2 is 2.33 bits per heavy atom. The zero-order valence-electron chi connectivity index (χ0n) is 8.97. The van der Waals surface area contributed by atoms with Crippen LogP contribution in [0.5, 0.6) is 0 Å². The number of aryl methyl sites for hydroxylation is 1. The number of ether oxygens (including phenoxy) is 1. The number of esters is 1. The Labute approximate surface area is 94.0 Å². The van der Waals surface area contributed by atoms with E-state index in [0.717, 1.165) is 25.1 Å². The SMILES string of the molecule is CCCCc1nc(Cl)c(COC(C)=O)[nH]1. The summed E-state index contributed by atoms with van der Waals surface area (Å²) in [6.07, 6.45) is 3.05. The number of aromatic nitrogens is 2. The summed E-state index contributed by atoms with van der Waals surface area (Å²) >= 11 is 5.87. The van der Waals surface area contributed by atoms with Crippen LogP contribution in [0.25, 0.3) is 0 Å². The number of carbonyl (C=O) groups is 1. The molecule has 84 valence electrons. The van der Waals surface area contributed by atoms with Crippen LogP contribution in [0.3, 0.4) is 0 Å². The zero-order chi connectivity index (χ0) is 11.3. The lowest BCUT2D eigenvalue weighted by Crippen LogP contribution is -1.99. The third kappa shape index (κ3) is 3.91. The van der Waals surface area contributed by atoms with Crippen LogP contribution in [0.1, 0.15) is 38.2 Å². The van der Waals surface area contributed by atoms with Gasteiger partial charge in [0.25, 0.3) is 0 Å². The van der Waals surface area contributed by atoms with E-state index in [-0.39, 0.29) is 12.6 Å². The molecule has 0 saturated heterocycles. The summed E-state index contributed by atoms with van der Waals surface area (Å²) in [7, 11) is 0. The Balaban J connectivity index is 2.56. The number of imidazole rings is 1. The molecule has 0 aliphatic heterocycles. The number of rotatable bonds is 5. The van der Waals surface area contributed by atoms with E-state index in [9.17, 15) is 4.79 Å². The Morgan fingerprint density at radius 3 is 2.93 bits per heavy atom. The van der Waals surface area contributed by atoms with Crippen LogP contribution in [0.15, 0.2) is 0 Å². The lowest BCUT2D eigenvalue weighted by atomic mass is 10.2. The summed E-state index contributed by atoms with van der Waals surface area (Å²) < 4.78 is 4.83. The number of H-pyrrole nitrogens is 1. The molecule has 0 atom stereocenters. The molecule has 0 aliphatic rings. The van der Waals surface area contributed by atoms with Gasteiger partial charge in [0, 0.05) is 13.3 Å². The van der Waals surface area contributed by atoms with Crippen molar-refractivity contribution in [2.24, 2.45) is 0 Å². The van der Waals surface area contributed by atoms with Gasteiger partial charge in [0.15, 0.2) is 5.15 Å². The molecule has 0 bridgehead atoms. The molecule has 1 aromatic rings. The molecule has 0 unspecified atom stereocenters. The maximum Gasteiger partial charge on any atom is 0.303 e. The summed E-state index contributed by atoms with van der Waals surface area (Å²) in [6.45, 7) is 3.64. The second-order valence-electron chi connectivity index (χ2n) is 3.34. The van der Waals surface area contributed by atoms with Gasteiger partial charge in [-0.15, -0.1) is 0 Å². The van der Waals surface area contributed by atoms with Crippen molar-refractivity contribution < 1.29 is 9.53 Å². The molecule has 0 saturated carbocycles. The van der Waals surface area contributed by atoms with Crippen LogP contribution < -0.4 is 0 Å². The van der Waals surface area contributed by atoms with Crippen molar-refractivity contribution in [3.8, 4) is 0 Å². The first-order chi connectivity index (χ1) is 7.13. The van der Waals surface area contributed by atoms with E-state index in [1.165, 1.54) is 6.92 Å². The second kappa shape index (κ2) is 5.75. The first-order valence-corrected chi connectivity index (χ1v) is 5.38. The van der Waals surface area contributed by atoms with Gasteiger partial charge in [-0.2, -0.15) is 0 Å². The van der Waals surface area contributed by atoms with Gasteiger partial charge in [-0.3, -0.25) is 4.79 Å². The minimum Gasteiger partial charge on any atom is -0.459 e. The van der Waals surface area contributed by atoms with Crippen LogP contribution >= 0.6 is 11.6 Å². The predicted octanol–water partition coefficient (Wildman–Crippen LogP) is 2.47. The summed E-state index contributed by atoms with van der Waals surface area (Å²) in [4.78, 5) is 17.8. The van der Waals surface area contributed by atoms with Gasteiger partial charge in [-0.1, -0.05) is 24.9 Å². The molecule has 1 N–H and O–H groups in total. The maximum absolute atomic E-state index is 10.6. The van der Waals surface area contributed by atoms with Crippen molar-refractivity contribution in [3.63, 3.8) is 0 Å². The van der Waals surface area contributed by atoms with E-state index in [2.05, 4.69) is 16.9 Å². The maximum atomic E-state index is 10.6. The number of carbonyl (C=O) groups excluding carboxylic acids is 1. The van der Waals surface area contributed by atoms with Crippen molar-refractivity contribution in [1.29, 1.82) is 0 Å². The summed E-state index contributed by atoms with van der Waals surface area (Å²) in [6, 6.07) is 0. The van der Waals surface area contributed by atoms with Crippen molar-refractivity contribution in [3.05, 3.63) is 16.7 Å². The highest BCUT2D eigenvalue weighted by Crippen LogP contribution is 2.15. The fourth-order valence-corrected chi connectivity index (χ4v) is 1.38. The quantitative estimate of drug-likeness (QED) is 0.791. The Morgan fingerprint density at radius 1 is 1.60 bits per heavy atom. The van der Waals surface area contributed by atoms with E-state index in [4.69, 9.17) is 16.3 Å². The summed E-state index contributed by atoms with van der Waals surface area (Å²) in [5.74, 6) is 0.528. The van der Waals surface area contributed by atoms with E-state index in [0.29, 0.717) is 10.8 Å². The molecule has 0 radical (unpaired) electrons. The molecule has 1 rings (SSSR count). The van der Waals surface area contributed by atoms with Crippen LogP contribution in [0.4, 0.5) is 0 Å². The molecule has 0 spiro atoms. The Bertz CT molecular complexity index is 336. The minimum atomic E-state index is -0.323. The molecule has 15 heavy (non-hydrogen) atoms. The number of aromatic amines is 1. The normalized spacial score (nSPS) is 10.3. The van der Waals surface area contributed by atoms with Gasteiger partial charge < -0.3 is 9.72 Å². The monoisotopic (exact) mass is 230 g/mol. The van der Waals surface area contributed by atoms with Crippen molar-refractivity contribution >= 4 is 17.6 Å². The Hall–Kier alpha value is -1.03.